The Labute approximate surface area is 125 Å². The van der Waals surface area contributed by atoms with Crippen molar-refractivity contribution in [2.45, 2.75) is 46.5 Å². The molecule has 3 rings (SSSR count). The molecule has 1 heterocycles. The summed E-state index contributed by atoms with van der Waals surface area (Å²) in [5, 5.41) is 4.11. The third-order valence-electron chi connectivity index (χ3n) is 5.90. The van der Waals surface area contributed by atoms with Crippen LogP contribution in [-0.4, -0.2) is 18.2 Å². The molecule has 1 saturated carbocycles. The van der Waals surface area contributed by atoms with Crippen LogP contribution in [0.1, 0.15) is 51.5 Å². The Hall–Kier alpha value is -1.58. The van der Waals surface area contributed by atoms with Gasteiger partial charge in [0.1, 0.15) is 0 Å². The molecule has 1 fully saturated rings. The molecule has 0 aliphatic heterocycles. The minimum absolute atomic E-state index is 0.164. The van der Waals surface area contributed by atoms with Crippen molar-refractivity contribution < 1.29 is 14.1 Å². The molecule has 21 heavy (non-hydrogen) atoms. The predicted octanol–water partition coefficient (Wildman–Crippen LogP) is 3.62. The zero-order chi connectivity index (χ0) is 15.3. The standard InChI is InChI=1S/C17H23NO3/c1-16(2)11-7-8-17(16,3)13(9-11)14-10-12(18-21-14)5-6-15(19)20-4/h9-11H,5-8H2,1-4H3. The Bertz CT molecular complexity index is 599. The molecular formula is C17H23NO3. The predicted molar refractivity (Wildman–Crippen MR) is 79.4 cm³/mol. The number of carbonyl (C=O) groups excluding carboxylic acids is 1. The molecule has 0 spiro atoms. The third-order valence-corrected chi connectivity index (χ3v) is 5.90. The molecule has 2 bridgehead atoms. The van der Waals surface area contributed by atoms with Crippen LogP contribution in [0.2, 0.25) is 0 Å². The number of carbonyl (C=O) groups is 1. The molecule has 0 amide bonds. The Morgan fingerprint density at radius 2 is 2.24 bits per heavy atom. The normalized spacial score (nSPS) is 29.5. The molecule has 114 valence electrons. The number of aromatic nitrogens is 1. The molecule has 0 saturated heterocycles. The number of methoxy groups -OCH3 is 1. The maximum absolute atomic E-state index is 11.2. The lowest BCUT2D eigenvalue weighted by Crippen LogP contribution is -2.29. The minimum atomic E-state index is -0.216. The first kappa shape index (κ1) is 14.4. The number of esters is 1. The number of aryl methyl sites for hydroxylation is 1. The zero-order valence-electron chi connectivity index (χ0n) is 13.2. The fraction of sp³-hybridized carbons (Fsp3) is 0.647. The van der Waals surface area contributed by atoms with E-state index >= 15 is 0 Å². The zero-order valence-corrected chi connectivity index (χ0v) is 13.2. The second kappa shape index (κ2) is 4.72. The van der Waals surface area contributed by atoms with Crippen LogP contribution < -0.4 is 0 Å². The topological polar surface area (TPSA) is 52.3 Å². The van der Waals surface area contributed by atoms with Gasteiger partial charge in [0.2, 0.25) is 0 Å². The summed E-state index contributed by atoms with van der Waals surface area (Å²) < 4.78 is 10.2. The molecule has 2 aliphatic rings. The van der Waals surface area contributed by atoms with Gasteiger partial charge in [-0.1, -0.05) is 32.0 Å². The van der Waals surface area contributed by atoms with E-state index in [1.165, 1.54) is 25.5 Å². The molecule has 0 N–H and O–H groups in total. The van der Waals surface area contributed by atoms with Crippen molar-refractivity contribution in [1.82, 2.24) is 5.16 Å². The van der Waals surface area contributed by atoms with Crippen LogP contribution in [-0.2, 0) is 16.0 Å². The highest BCUT2D eigenvalue weighted by Crippen LogP contribution is 2.67. The summed E-state index contributed by atoms with van der Waals surface area (Å²) in [5.41, 5.74) is 2.55. The van der Waals surface area contributed by atoms with Gasteiger partial charge in [-0.15, -0.1) is 0 Å². The lowest BCUT2D eigenvalue weighted by Gasteiger charge is -2.36. The summed E-state index contributed by atoms with van der Waals surface area (Å²) >= 11 is 0. The van der Waals surface area contributed by atoms with Crippen LogP contribution in [0, 0.1) is 16.7 Å². The van der Waals surface area contributed by atoms with Crippen molar-refractivity contribution >= 4 is 11.5 Å². The fourth-order valence-electron chi connectivity index (χ4n) is 3.94. The van der Waals surface area contributed by atoms with Crippen LogP contribution in [0.15, 0.2) is 16.7 Å². The molecule has 2 atom stereocenters. The van der Waals surface area contributed by atoms with E-state index in [4.69, 9.17) is 4.52 Å². The largest absolute Gasteiger partial charge is 0.469 e. The van der Waals surface area contributed by atoms with Crippen molar-refractivity contribution in [3.05, 3.63) is 23.6 Å². The molecule has 4 nitrogen and oxygen atoms in total. The molecular weight excluding hydrogens is 266 g/mol. The summed E-state index contributed by atoms with van der Waals surface area (Å²) in [6, 6.07) is 1.98. The number of hydrogen-bond acceptors (Lipinski definition) is 4. The maximum Gasteiger partial charge on any atom is 0.305 e. The van der Waals surface area contributed by atoms with Gasteiger partial charge >= 0.3 is 5.97 Å². The van der Waals surface area contributed by atoms with Gasteiger partial charge in [-0.25, -0.2) is 0 Å². The van der Waals surface area contributed by atoms with Crippen molar-refractivity contribution in [2.75, 3.05) is 7.11 Å². The van der Waals surface area contributed by atoms with E-state index in [-0.39, 0.29) is 16.8 Å². The molecule has 2 unspecified atom stereocenters. The Morgan fingerprint density at radius 1 is 1.48 bits per heavy atom. The monoisotopic (exact) mass is 289 g/mol. The Morgan fingerprint density at radius 3 is 2.81 bits per heavy atom. The third kappa shape index (κ3) is 2.03. The van der Waals surface area contributed by atoms with E-state index < -0.39 is 0 Å². The Balaban J connectivity index is 1.79. The quantitative estimate of drug-likeness (QED) is 0.794. The summed E-state index contributed by atoms with van der Waals surface area (Å²) in [6.07, 6.45) is 5.74. The number of hydrogen-bond donors (Lipinski definition) is 0. The molecule has 1 aromatic rings. The fourth-order valence-corrected chi connectivity index (χ4v) is 3.94. The van der Waals surface area contributed by atoms with Crippen LogP contribution >= 0.6 is 0 Å². The summed E-state index contributed by atoms with van der Waals surface area (Å²) in [4.78, 5) is 11.2. The van der Waals surface area contributed by atoms with E-state index in [0.717, 1.165) is 11.5 Å². The van der Waals surface area contributed by atoms with Gasteiger partial charge in [0.05, 0.1) is 19.2 Å². The van der Waals surface area contributed by atoms with E-state index in [0.29, 0.717) is 18.8 Å². The number of allylic oxidation sites excluding steroid dienone is 2. The second-order valence-corrected chi connectivity index (χ2v) is 7.04. The molecule has 2 aliphatic carbocycles. The lowest BCUT2D eigenvalue weighted by molar-refractivity contribution is -0.140. The number of nitrogens with zero attached hydrogens (tertiary/aromatic N) is 1. The highest BCUT2D eigenvalue weighted by atomic mass is 16.5. The maximum atomic E-state index is 11.2. The first-order valence-corrected chi connectivity index (χ1v) is 7.63. The summed E-state index contributed by atoms with van der Waals surface area (Å²) in [7, 11) is 1.40. The molecule has 1 aromatic heterocycles. The van der Waals surface area contributed by atoms with Crippen LogP contribution in [0.5, 0.6) is 0 Å². The van der Waals surface area contributed by atoms with Gasteiger partial charge in [-0.2, -0.15) is 0 Å². The molecule has 0 aromatic carbocycles. The van der Waals surface area contributed by atoms with Crippen molar-refractivity contribution in [3.8, 4) is 0 Å². The minimum Gasteiger partial charge on any atom is -0.469 e. The first-order chi connectivity index (χ1) is 9.88. The van der Waals surface area contributed by atoms with Gasteiger partial charge in [0.25, 0.3) is 0 Å². The number of ether oxygens (including phenoxy) is 1. The van der Waals surface area contributed by atoms with Crippen molar-refractivity contribution in [3.63, 3.8) is 0 Å². The van der Waals surface area contributed by atoms with Crippen LogP contribution in [0.4, 0.5) is 0 Å². The smallest absolute Gasteiger partial charge is 0.305 e. The van der Waals surface area contributed by atoms with Gasteiger partial charge in [0.15, 0.2) is 5.76 Å². The average molecular weight is 289 g/mol. The van der Waals surface area contributed by atoms with Gasteiger partial charge in [-0.05, 0) is 24.2 Å². The first-order valence-electron chi connectivity index (χ1n) is 7.63. The van der Waals surface area contributed by atoms with Gasteiger partial charge in [0, 0.05) is 23.5 Å². The van der Waals surface area contributed by atoms with E-state index in [1.807, 2.05) is 6.07 Å². The Kier molecular flexibility index (Phi) is 3.23. The lowest BCUT2D eigenvalue weighted by atomic mass is 9.67. The highest BCUT2D eigenvalue weighted by molar-refractivity contribution is 5.72. The van der Waals surface area contributed by atoms with Crippen molar-refractivity contribution in [1.29, 1.82) is 0 Å². The highest BCUT2D eigenvalue weighted by Gasteiger charge is 2.58. The number of fused-ring (bicyclic) bond motifs is 2. The van der Waals surface area contributed by atoms with E-state index in [9.17, 15) is 4.79 Å². The van der Waals surface area contributed by atoms with Crippen LogP contribution in [0.3, 0.4) is 0 Å². The van der Waals surface area contributed by atoms with Crippen molar-refractivity contribution in [2.24, 2.45) is 16.7 Å². The summed E-state index contributed by atoms with van der Waals surface area (Å²) in [6.45, 7) is 7.04. The number of rotatable bonds is 4. The SMILES string of the molecule is COC(=O)CCc1cc(C2=CC3CCC2(C)C3(C)C)on1. The second-order valence-electron chi connectivity index (χ2n) is 7.04. The molecule has 4 heteroatoms. The average Bonchev–Trinajstić information content (AvgIpc) is 3.06. The molecule has 0 radical (unpaired) electrons. The van der Waals surface area contributed by atoms with E-state index in [1.54, 1.807) is 0 Å². The summed E-state index contributed by atoms with van der Waals surface area (Å²) in [5.74, 6) is 1.28. The van der Waals surface area contributed by atoms with Gasteiger partial charge < -0.3 is 9.26 Å². The van der Waals surface area contributed by atoms with E-state index in [2.05, 4.69) is 36.7 Å². The van der Waals surface area contributed by atoms with Gasteiger partial charge in [-0.3, -0.25) is 4.79 Å². The van der Waals surface area contributed by atoms with Crippen LogP contribution in [0.25, 0.3) is 5.57 Å².